The van der Waals surface area contributed by atoms with Gasteiger partial charge in [-0.15, -0.1) is 11.8 Å². The van der Waals surface area contributed by atoms with Crippen molar-refractivity contribution in [2.45, 2.75) is 11.0 Å². The Morgan fingerprint density at radius 1 is 1.09 bits per heavy atom. The Morgan fingerprint density at radius 2 is 1.82 bits per heavy atom. The van der Waals surface area contributed by atoms with Crippen LogP contribution in [-0.4, -0.2) is 36.7 Å². The lowest BCUT2D eigenvalue weighted by Gasteiger charge is -2.11. The fourth-order valence-electron chi connectivity index (χ4n) is 1.88. The largest absolute Gasteiger partial charge is 0.491 e. The summed E-state index contributed by atoms with van der Waals surface area (Å²) in [6.07, 6.45) is -0.446. The molecule has 3 N–H and O–H groups in total. The van der Waals surface area contributed by atoms with Crippen molar-refractivity contribution < 1.29 is 15.2 Å². The fourth-order valence-corrected chi connectivity index (χ4v) is 2.99. The SMILES string of the molecule is O[C@@H](C[NH2+]CCSc1ccc(Br)cc1)COc1ccccc1. The second-order valence-electron chi connectivity index (χ2n) is 4.89. The van der Waals surface area contributed by atoms with Gasteiger partial charge in [0.05, 0.1) is 6.54 Å². The second kappa shape index (κ2) is 9.90. The molecule has 118 valence electrons. The second-order valence-corrected chi connectivity index (χ2v) is 6.98. The lowest BCUT2D eigenvalue weighted by atomic mass is 10.3. The number of hydrogen-bond acceptors (Lipinski definition) is 3. The summed E-state index contributed by atoms with van der Waals surface area (Å²) in [5.74, 6) is 1.82. The number of aliphatic hydroxyl groups is 1. The van der Waals surface area contributed by atoms with E-state index in [0.29, 0.717) is 13.2 Å². The molecule has 0 radical (unpaired) electrons. The Bertz CT molecular complexity index is 536. The monoisotopic (exact) mass is 382 g/mol. The Kier molecular flexibility index (Phi) is 7.80. The molecule has 0 aliphatic rings. The van der Waals surface area contributed by atoms with Gasteiger partial charge in [0, 0.05) is 15.1 Å². The topological polar surface area (TPSA) is 46.1 Å². The van der Waals surface area contributed by atoms with Gasteiger partial charge in [-0.05, 0) is 36.4 Å². The zero-order valence-electron chi connectivity index (χ0n) is 12.3. The molecule has 0 aliphatic carbocycles. The van der Waals surface area contributed by atoms with E-state index in [9.17, 15) is 5.11 Å². The highest BCUT2D eigenvalue weighted by atomic mass is 79.9. The van der Waals surface area contributed by atoms with Gasteiger partial charge < -0.3 is 15.2 Å². The van der Waals surface area contributed by atoms with Crippen LogP contribution in [0.15, 0.2) is 64.0 Å². The minimum absolute atomic E-state index is 0.334. The number of thioether (sulfide) groups is 1. The molecular formula is C17H21BrNO2S+. The third-order valence-corrected chi connectivity index (χ3v) is 4.60. The van der Waals surface area contributed by atoms with Crippen molar-refractivity contribution >= 4 is 27.7 Å². The summed E-state index contributed by atoms with van der Waals surface area (Å²) >= 11 is 5.26. The van der Waals surface area contributed by atoms with E-state index in [-0.39, 0.29) is 0 Å². The molecule has 0 aliphatic heterocycles. The van der Waals surface area contributed by atoms with E-state index in [0.717, 1.165) is 22.5 Å². The molecule has 1 atom stereocenters. The van der Waals surface area contributed by atoms with Crippen LogP contribution in [-0.2, 0) is 0 Å². The third kappa shape index (κ3) is 6.83. The molecule has 0 saturated heterocycles. The van der Waals surface area contributed by atoms with Crippen LogP contribution < -0.4 is 10.1 Å². The third-order valence-electron chi connectivity index (χ3n) is 3.03. The van der Waals surface area contributed by atoms with Gasteiger partial charge in [-0.3, -0.25) is 0 Å². The Morgan fingerprint density at radius 3 is 2.55 bits per heavy atom. The number of nitrogens with two attached hydrogens (primary N) is 1. The van der Waals surface area contributed by atoms with Gasteiger partial charge in [-0.1, -0.05) is 34.1 Å². The number of halogens is 1. The van der Waals surface area contributed by atoms with Crippen LogP contribution in [0.1, 0.15) is 0 Å². The lowest BCUT2D eigenvalue weighted by molar-refractivity contribution is -0.657. The van der Waals surface area contributed by atoms with E-state index in [2.05, 4.69) is 45.5 Å². The van der Waals surface area contributed by atoms with Crippen LogP contribution in [0.3, 0.4) is 0 Å². The summed E-state index contributed by atoms with van der Waals surface area (Å²) in [6, 6.07) is 17.9. The van der Waals surface area contributed by atoms with Crippen molar-refractivity contribution in [3.05, 3.63) is 59.1 Å². The predicted molar refractivity (Wildman–Crippen MR) is 94.5 cm³/mol. The first-order chi connectivity index (χ1) is 10.7. The van der Waals surface area contributed by atoms with Crippen molar-refractivity contribution in [1.29, 1.82) is 0 Å². The maximum atomic E-state index is 9.89. The van der Waals surface area contributed by atoms with Crippen molar-refractivity contribution in [2.24, 2.45) is 0 Å². The van der Waals surface area contributed by atoms with Gasteiger partial charge in [-0.2, -0.15) is 0 Å². The van der Waals surface area contributed by atoms with Gasteiger partial charge in [-0.25, -0.2) is 0 Å². The number of para-hydroxylation sites is 1. The maximum Gasteiger partial charge on any atom is 0.137 e. The molecule has 5 heteroatoms. The summed E-state index contributed by atoms with van der Waals surface area (Å²) in [7, 11) is 0. The first kappa shape index (κ1) is 17.3. The van der Waals surface area contributed by atoms with E-state index in [1.54, 1.807) is 0 Å². The highest BCUT2D eigenvalue weighted by molar-refractivity contribution is 9.10. The number of ether oxygens (including phenoxy) is 1. The van der Waals surface area contributed by atoms with Crippen LogP contribution in [0.5, 0.6) is 5.75 Å². The van der Waals surface area contributed by atoms with E-state index >= 15 is 0 Å². The molecule has 0 unspecified atom stereocenters. The van der Waals surface area contributed by atoms with E-state index in [4.69, 9.17) is 4.74 Å². The minimum atomic E-state index is -0.446. The minimum Gasteiger partial charge on any atom is -0.491 e. The van der Waals surface area contributed by atoms with Crippen molar-refractivity contribution in [3.63, 3.8) is 0 Å². The van der Waals surface area contributed by atoms with Gasteiger partial charge in [0.1, 0.15) is 25.0 Å². The van der Waals surface area contributed by atoms with Crippen LogP contribution in [0.4, 0.5) is 0 Å². The fraction of sp³-hybridized carbons (Fsp3) is 0.294. The highest BCUT2D eigenvalue weighted by Crippen LogP contribution is 2.19. The zero-order valence-corrected chi connectivity index (χ0v) is 14.7. The number of hydrogen-bond donors (Lipinski definition) is 2. The number of rotatable bonds is 9. The predicted octanol–water partition coefficient (Wildman–Crippen LogP) is 2.54. The Hall–Kier alpha value is -1.01. The molecule has 0 heterocycles. The van der Waals surface area contributed by atoms with Crippen molar-refractivity contribution in [3.8, 4) is 5.75 Å². The first-order valence-electron chi connectivity index (χ1n) is 7.30. The number of quaternary nitrogens is 1. The lowest BCUT2D eigenvalue weighted by Crippen LogP contribution is -2.87. The molecule has 2 aromatic carbocycles. The average Bonchev–Trinajstić information content (AvgIpc) is 2.55. The highest BCUT2D eigenvalue weighted by Gasteiger charge is 2.07. The molecular weight excluding hydrogens is 362 g/mol. The summed E-state index contributed by atoms with van der Waals surface area (Å²) in [4.78, 5) is 1.27. The average molecular weight is 383 g/mol. The molecule has 22 heavy (non-hydrogen) atoms. The molecule has 0 amide bonds. The van der Waals surface area contributed by atoms with Gasteiger partial charge in [0.25, 0.3) is 0 Å². The zero-order chi connectivity index (χ0) is 15.6. The summed E-state index contributed by atoms with van der Waals surface area (Å²) in [5, 5.41) is 12.0. The van der Waals surface area contributed by atoms with Crippen LogP contribution in [0.2, 0.25) is 0 Å². The molecule has 3 nitrogen and oxygen atoms in total. The maximum absolute atomic E-state index is 9.89. The molecule has 2 rings (SSSR count). The Labute approximate surface area is 144 Å². The molecule has 0 aromatic heterocycles. The summed E-state index contributed by atoms with van der Waals surface area (Å²) in [6.45, 7) is 1.97. The van der Waals surface area contributed by atoms with Crippen LogP contribution in [0.25, 0.3) is 0 Å². The molecule has 0 fully saturated rings. The number of benzene rings is 2. The molecule has 0 bridgehead atoms. The normalized spacial score (nSPS) is 12.1. The number of aliphatic hydroxyl groups excluding tert-OH is 1. The van der Waals surface area contributed by atoms with E-state index in [1.165, 1.54) is 4.90 Å². The van der Waals surface area contributed by atoms with Gasteiger partial charge >= 0.3 is 0 Å². The molecule has 0 saturated carbocycles. The van der Waals surface area contributed by atoms with Crippen LogP contribution >= 0.6 is 27.7 Å². The summed E-state index contributed by atoms with van der Waals surface area (Å²) in [5.41, 5.74) is 0. The smallest absolute Gasteiger partial charge is 0.137 e. The quantitative estimate of drug-likeness (QED) is 0.517. The van der Waals surface area contributed by atoms with E-state index in [1.807, 2.05) is 42.1 Å². The van der Waals surface area contributed by atoms with Crippen molar-refractivity contribution in [2.75, 3.05) is 25.4 Å². The van der Waals surface area contributed by atoms with E-state index < -0.39 is 6.10 Å². The van der Waals surface area contributed by atoms with Gasteiger partial charge in [0.15, 0.2) is 0 Å². The van der Waals surface area contributed by atoms with Crippen LogP contribution in [0, 0.1) is 0 Å². The molecule has 2 aromatic rings. The van der Waals surface area contributed by atoms with Crippen molar-refractivity contribution in [1.82, 2.24) is 0 Å². The summed E-state index contributed by atoms with van der Waals surface area (Å²) < 4.78 is 6.63. The Balaban J connectivity index is 1.53. The van der Waals surface area contributed by atoms with Gasteiger partial charge in [0.2, 0.25) is 0 Å². The standard InChI is InChI=1S/C17H20BrNO2S/c18-14-6-8-17(9-7-14)22-11-10-19-12-15(20)13-21-16-4-2-1-3-5-16/h1-9,15,19-20H,10-13H2/p+1/t15-/m0/s1. The first-order valence-corrected chi connectivity index (χ1v) is 9.08. The molecule has 0 spiro atoms.